The van der Waals surface area contributed by atoms with Crippen LogP contribution in [-0.2, 0) is 33.2 Å². The van der Waals surface area contributed by atoms with Gasteiger partial charge < -0.3 is 39.3 Å². The molecule has 0 bridgehead atoms. The van der Waals surface area contributed by atoms with E-state index in [1.165, 1.54) is 0 Å². The summed E-state index contributed by atoms with van der Waals surface area (Å²) >= 11 is 0. The molecule has 0 spiro atoms. The number of fused-ring (bicyclic) bond motifs is 5. The summed E-state index contributed by atoms with van der Waals surface area (Å²) in [7, 11) is -4.57. The molecule has 0 radical (unpaired) electrons. The lowest BCUT2D eigenvalue weighted by Crippen LogP contribution is -2.59. The molecule has 4 aliphatic rings. The van der Waals surface area contributed by atoms with E-state index in [1.807, 2.05) is 0 Å². The van der Waals surface area contributed by atoms with E-state index in [-0.39, 0.29) is 35.7 Å². The van der Waals surface area contributed by atoms with E-state index in [9.17, 15) is 34.0 Å². The van der Waals surface area contributed by atoms with Crippen molar-refractivity contribution in [2.75, 3.05) is 13.0 Å². The molecular weight excluding hydrogens is 623 g/mol. The number of aliphatic hydroxyl groups is 1. The average molecular weight is 675 g/mol. The number of rotatable bonds is 13. The Morgan fingerprint density at radius 3 is 2.28 bits per heavy atom. The lowest BCUT2D eigenvalue weighted by atomic mass is 9.43. The van der Waals surface area contributed by atoms with E-state index in [0.29, 0.717) is 48.9 Å². The number of carboxylic acids is 2. The molecule has 0 heterocycles. The van der Waals surface area contributed by atoms with Crippen LogP contribution in [0.4, 0.5) is 4.79 Å². The SMILES string of the molecule is CC(CCC(=O)O)C1CCC2C3CCC4C[C@H](OC(=O)OCOC(=O)CCC(CP(=O)(O)O)C(=O)O)CC[C@]4(C)C3C[C@H](O)[C@]12C. The number of hydrogen-bond donors (Lipinski definition) is 5. The minimum atomic E-state index is -4.57. The summed E-state index contributed by atoms with van der Waals surface area (Å²) in [6.07, 6.45) is 4.42. The van der Waals surface area contributed by atoms with Crippen LogP contribution in [0.15, 0.2) is 0 Å². The maximum absolute atomic E-state index is 12.4. The monoisotopic (exact) mass is 674 g/mol. The molecule has 0 aromatic rings. The molecule has 4 fully saturated rings. The largest absolute Gasteiger partial charge is 0.511 e. The molecule has 14 heteroatoms. The van der Waals surface area contributed by atoms with Gasteiger partial charge in [-0.05, 0) is 111 Å². The standard InChI is InChI=1S/C32H51O13P/c1-18(4-10-27(34)35)23-8-9-24-22-7-6-20-14-21(12-13-31(20,2)25(22)15-26(33)32(23,24)3)45-30(39)44-17-43-28(36)11-5-19(29(37)38)16-46(40,41)42/h18-26,33H,4-17H2,1-3H3,(H,34,35)(H,37,38)(H2,40,41,42)/t18?,19?,20?,21-,22?,23?,24?,25?,26+,31+,32-/m1/s1. The van der Waals surface area contributed by atoms with Crippen LogP contribution in [0, 0.1) is 52.3 Å². The highest BCUT2D eigenvalue weighted by molar-refractivity contribution is 7.51. The summed E-state index contributed by atoms with van der Waals surface area (Å²) in [6, 6.07) is 0. The van der Waals surface area contributed by atoms with Crippen molar-refractivity contribution in [1.82, 2.24) is 0 Å². The summed E-state index contributed by atoms with van der Waals surface area (Å²) in [4.78, 5) is 64.8. The number of esters is 1. The van der Waals surface area contributed by atoms with E-state index in [4.69, 9.17) is 29.1 Å². The molecule has 0 amide bonds. The Hall–Kier alpha value is -2.21. The summed E-state index contributed by atoms with van der Waals surface area (Å²) in [5.74, 6) is -2.36. The van der Waals surface area contributed by atoms with Gasteiger partial charge >= 0.3 is 31.7 Å². The van der Waals surface area contributed by atoms with Crippen molar-refractivity contribution < 1.29 is 63.1 Å². The number of ether oxygens (including phenoxy) is 3. The minimum absolute atomic E-state index is 0.00510. The normalized spacial score (nSPS) is 36.7. The Morgan fingerprint density at radius 1 is 0.913 bits per heavy atom. The molecule has 7 unspecified atom stereocenters. The number of aliphatic carboxylic acids is 2. The third-order valence-electron chi connectivity index (χ3n) is 12.5. The summed E-state index contributed by atoms with van der Waals surface area (Å²) < 4.78 is 26.4. The highest BCUT2D eigenvalue weighted by atomic mass is 31.2. The van der Waals surface area contributed by atoms with Gasteiger partial charge in [-0.15, -0.1) is 0 Å². The van der Waals surface area contributed by atoms with Crippen molar-refractivity contribution in [1.29, 1.82) is 0 Å². The predicted molar refractivity (Wildman–Crippen MR) is 162 cm³/mol. The molecule has 4 aliphatic carbocycles. The maximum Gasteiger partial charge on any atom is 0.511 e. The van der Waals surface area contributed by atoms with Gasteiger partial charge in [0.05, 0.1) is 18.2 Å². The van der Waals surface area contributed by atoms with Crippen LogP contribution in [0.3, 0.4) is 0 Å². The van der Waals surface area contributed by atoms with Crippen molar-refractivity contribution in [2.24, 2.45) is 52.3 Å². The van der Waals surface area contributed by atoms with E-state index >= 15 is 0 Å². The number of carbonyl (C=O) groups excluding carboxylic acids is 2. The van der Waals surface area contributed by atoms with Gasteiger partial charge in [0, 0.05) is 12.8 Å². The first-order valence-corrected chi connectivity index (χ1v) is 18.4. The highest BCUT2D eigenvalue weighted by Crippen LogP contribution is 2.68. The average Bonchev–Trinajstić information content (AvgIpc) is 3.32. The number of aliphatic hydroxyl groups excluding tert-OH is 1. The van der Waals surface area contributed by atoms with E-state index in [2.05, 4.69) is 20.8 Å². The molecule has 13 nitrogen and oxygen atoms in total. The molecule has 262 valence electrons. The maximum atomic E-state index is 12.4. The Bertz CT molecular complexity index is 1190. The zero-order valence-corrected chi connectivity index (χ0v) is 27.9. The van der Waals surface area contributed by atoms with Crippen LogP contribution in [0.2, 0.25) is 0 Å². The summed E-state index contributed by atoms with van der Waals surface area (Å²) in [6.45, 7) is 5.99. The number of hydrogen-bond acceptors (Lipinski definition) is 9. The number of carboxylic acid groups (broad SMARTS) is 2. The topological polar surface area (TPSA) is 214 Å². The molecule has 0 saturated heterocycles. The van der Waals surface area contributed by atoms with Gasteiger partial charge in [0.1, 0.15) is 6.10 Å². The van der Waals surface area contributed by atoms with Crippen LogP contribution in [0.25, 0.3) is 0 Å². The first kappa shape index (κ1) is 36.6. The van der Waals surface area contributed by atoms with Crippen molar-refractivity contribution in [3.8, 4) is 0 Å². The highest BCUT2D eigenvalue weighted by Gasteiger charge is 2.63. The quantitative estimate of drug-likeness (QED) is 0.101. The van der Waals surface area contributed by atoms with Crippen LogP contribution in [-0.4, -0.2) is 74.3 Å². The van der Waals surface area contributed by atoms with E-state index in [0.717, 1.165) is 38.5 Å². The summed E-state index contributed by atoms with van der Waals surface area (Å²) in [5, 5.41) is 30.0. The fourth-order valence-corrected chi connectivity index (χ4v) is 11.0. The van der Waals surface area contributed by atoms with Gasteiger partial charge in [0.15, 0.2) is 0 Å². The van der Waals surface area contributed by atoms with Gasteiger partial charge in [-0.3, -0.25) is 18.9 Å². The Labute approximate surface area is 269 Å². The lowest BCUT2D eigenvalue weighted by Gasteiger charge is -2.62. The first-order chi connectivity index (χ1) is 21.5. The second-order valence-corrected chi connectivity index (χ2v) is 16.5. The van der Waals surface area contributed by atoms with Gasteiger partial charge in [-0.1, -0.05) is 20.8 Å². The smallest absolute Gasteiger partial charge is 0.481 e. The third-order valence-corrected chi connectivity index (χ3v) is 13.4. The zero-order valence-electron chi connectivity index (χ0n) is 27.0. The lowest BCUT2D eigenvalue weighted by molar-refractivity contribution is -0.177. The van der Waals surface area contributed by atoms with Crippen molar-refractivity contribution in [3.05, 3.63) is 0 Å². The van der Waals surface area contributed by atoms with Crippen molar-refractivity contribution in [3.63, 3.8) is 0 Å². The molecule has 0 aliphatic heterocycles. The van der Waals surface area contributed by atoms with Gasteiger partial charge in [-0.25, -0.2) is 4.79 Å². The van der Waals surface area contributed by atoms with E-state index < -0.39 is 63.1 Å². The van der Waals surface area contributed by atoms with Gasteiger partial charge in [-0.2, -0.15) is 0 Å². The zero-order chi connectivity index (χ0) is 34.0. The molecule has 5 N–H and O–H groups in total. The Balaban J connectivity index is 1.25. The molecule has 0 aromatic carbocycles. The molecule has 0 aromatic heterocycles. The molecule has 11 atom stereocenters. The Morgan fingerprint density at radius 2 is 1.63 bits per heavy atom. The first-order valence-electron chi connectivity index (χ1n) is 16.6. The molecule has 4 rings (SSSR count). The fourth-order valence-electron chi connectivity index (χ4n) is 10.1. The van der Waals surface area contributed by atoms with Crippen molar-refractivity contribution >= 4 is 31.7 Å². The minimum Gasteiger partial charge on any atom is -0.481 e. The number of carbonyl (C=O) groups is 4. The third kappa shape index (κ3) is 8.08. The van der Waals surface area contributed by atoms with Crippen LogP contribution < -0.4 is 0 Å². The molecule has 4 saturated carbocycles. The predicted octanol–water partition coefficient (Wildman–Crippen LogP) is 4.80. The van der Waals surface area contributed by atoms with Crippen LogP contribution in [0.5, 0.6) is 0 Å². The summed E-state index contributed by atoms with van der Waals surface area (Å²) in [5.41, 5.74) is -0.207. The second-order valence-electron chi connectivity index (χ2n) is 14.8. The van der Waals surface area contributed by atoms with Crippen LogP contribution in [0.1, 0.15) is 97.8 Å². The Kier molecular flexibility index (Phi) is 11.5. The van der Waals surface area contributed by atoms with Crippen molar-refractivity contribution in [2.45, 2.75) is 110 Å². The molecule has 46 heavy (non-hydrogen) atoms. The fraction of sp³-hybridized carbons (Fsp3) is 0.875. The van der Waals surface area contributed by atoms with Gasteiger partial charge in [0.25, 0.3) is 0 Å². The van der Waals surface area contributed by atoms with Crippen LogP contribution >= 0.6 is 7.60 Å². The second kappa shape index (κ2) is 14.5. The molecular formula is C32H51O13P. The van der Waals surface area contributed by atoms with E-state index in [1.54, 1.807) is 0 Å². The van der Waals surface area contributed by atoms with Gasteiger partial charge in [0.2, 0.25) is 6.79 Å².